The second-order valence-electron chi connectivity index (χ2n) is 5.19. The summed E-state index contributed by atoms with van der Waals surface area (Å²) in [7, 11) is 0. The van der Waals surface area contributed by atoms with E-state index in [1.54, 1.807) is 6.08 Å². The van der Waals surface area contributed by atoms with E-state index in [0.29, 0.717) is 0 Å². The standard InChI is InChI=1S/C19H20N2O/c1-4-21(5-2)19-9-8-16-10-15(6-7-17(16)12-19)11-18(13-20)14(3)22/h6-12H,4-5H2,1-3H3/b18-11+. The molecule has 0 bridgehead atoms. The smallest absolute Gasteiger partial charge is 0.170 e. The van der Waals surface area contributed by atoms with Crippen LogP contribution in [0.15, 0.2) is 42.0 Å². The molecule has 2 aromatic carbocycles. The number of anilines is 1. The Labute approximate surface area is 131 Å². The molecule has 0 aromatic heterocycles. The molecular weight excluding hydrogens is 272 g/mol. The van der Waals surface area contributed by atoms with Crippen molar-refractivity contribution in [3.63, 3.8) is 0 Å². The number of carbonyl (C=O) groups excluding carboxylic acids is 1. The number of benzene rings is 2. The summed E-state index contributed by atoms with van der Waals surface area (Å²) < 4.78 is 0. The number of nitriles is 1. The van der Waals surface area contributed by atoms with Crippen LogP contribution in [0.3, 0.4) is 0 Å². The van der Waals surface area contributed by atoms with Crippen molar-refractivity contribution in [1.82, 2.24) is 0 Å². The average Bonchev–Trinajstić information content (AvgIpc) is 2.53. The molecule has 0 aliphatic carbocycles. The van der Waals surface area contributed by atoms with Gasteiger partial charge in [-0.3, -0.25) is 4.79 Å². The highest BCUT2D eigenvalue weighted by molar-refractivity contribution is 6.02. The van der Waals surface area contributed by atoms with E-state index in [1.807, 2.05) is 24.3 Å². The zero-order valence-corrected chi connectivity index (χ0v) is 13.3. The zero-order valence-electron chi connectivity index (χ0n) is 13.3. The Morgan fingerprint density at radius 1 is 1.14 bits per heavy atom. The van der Waals surface area contributed by atoms with Crippen LogP contribution >= 0.6 is 0 Å². The van der Waals surface area contributed by atoms with Crippen molar-refractivity contribution in [2.45, 2.75) is 20.8 Å². The molecule has 22 heavy (non-hydrogen) atoms. The van der Waals surface area contributed by atoms with E-state index in [2.05, 4.69) is 36.9 Å². The Hall–Kier alpha value is -2.60. The van der Waals surface area contributed by atoms with Crippen molar-refractivity contribution >= 4 is 28.3 Å². The Morgan fingerprint density at radius 3 is 2.36 bits per heavy atom. The van der Waals surface area contributed by atoms with Gasteiger partial charge in [-0.2, -0.15) is 5.26 Å². The lowest BCUT2D eigenvalue weighted by molar-refractivity contribution is -0.113. The SMILES string of the molecule is CCN(CC)c1ccc2cc(/C=C(\C#N)C(C)=O)ccc2c1. The van der Waals surface area contributed by atoms with Crippen molar-refractivity contribution in [1.29, 1.82) is 5.26 Å². The second-order valence-corrected chi connectivity index (χ2v) is 5.19. The number of Topliss-reactive ketones (excluding diaryl/α,β-unsaturated/α-hetero) is 1. The number of hydrogen-bond donors (Lipinski definition) is 0. The molecule has 0 unspecified atom stereocenters. The highest BCUT2D eigenvalue weighted by Crippen LogP contribution is 2.24. The van der Waals surface area contributed by atoms with Crippen molar-refractivity contribution in [2.75, 3.05) is 18.0 Å². The Balaban J connectivity index is 2.43. The number of rotatable bonds is 5. The molecule has 0 saturated heterocycles. The molecule has 0 heterocycles. The molecule has 0 aliphatic heterocycles. The van der Waals surface area contributed by atoms with Gasteiger partial charge >= 0.3 is 0 Å². The number of ketones is 1. The quantitative estimate of drug-likeness (QED) is 0.613. The topological polar surface area (TPSA) is 44.1 Å². The van der Waals surface area contributed by atoms with Crippen LogP contribution in [-0.4, -0.2) is 18.9 Å². The molecule has 112 valence electrons. The van der Waals surface area contributed by atoms with Crippen LogP contribution in [0, 0.1) is 11.3 Å². The largest absolute Gasteiger partial charge is 0.372 e. The molecule has 0 atom stereocenters. The van der Waals surface area contributed by atoms with Crippen LogP contribution in [-0.2, 0) is 4.79 Å². The summed E-state index contributed by atoms with van der Waals surface area (Å²) in [6, 6.07) is 14.3. The van der Waals surface area contributed by atoms with Crippen molar-refractivity contribution in [3.8, 4) is 6.07 Å². The average molecular weight is 292 g/mol. The summed E-state index contributed by atoms with van der Waals surface area (Å²) >= 11 is 0. The summed E-state index contributed by atoms with van der Waals surface area (Å²) in [5.74, 6) is -0.209. The van der Waals surface area contributed by atoms with E-state index in [1.165, 1.54) is 12.6 Å². The number of nitrogens with zero attached hydrogens (tertiary/aromatic N) is 2. The van der Waals surface area contributed by atoms with Gasteiger partial charge in [0.05, 0.1) is 5.57 Å². The maximum absolute atomic E-state index is 11.3. The van der Waals surface area contributed by atoms with E-state index in [-0.39, 0.29) is 11.4 Å². The normalized spacial score (nSPS) is 11.3. The monoisotopic (exact) mass is 292 g/mol. The lowest BCUT2D eigenvalue weighted by atomic mass is 10.0. The van der Waals surface area contributed by atoms with E-state index in [9.17, 15) is 4.79 Å². The summed E-state index contributed by atoms with van der Waals surface area (Å²) in [5.41, 5.74) is 2.26. The molecular formula is C19H20N2O. The van der Waals surface area contributed by atoms with E-state index < -0.39 is 0 Å². The molecule has 0 amide bonds. The molecule has 0 aliphatic rings. The van der Waals surface area contributed by atoms with E-state index in [4.69, 9.17) is 5.26 Å². The van der Waals surface area contributed by atoms with Gasteiger partial charge in [-0.05, 0) is 61.4 Å². The first-order valence-electron chi connectivity index (χ1n) is 7.50. The number of fused-ring (bicyclic) bond motifs is 1. The van der Waals surface area contributed by atoms with Crippen molar-refractivity contribution in [3.05, 3.63) is 47.5 Å². The molecule has 3 heteroatoms. The lowest BCUT2D eigenvalue weighted by Crippen LogP contribution is -2.21. The van der Waals surface area contributed by atoms with Crippen LogP contribution in [0.2, 0.25) is 0 Å². The summed E-state index contributed by atoms with van der Waals surface area (Å²) in [6.07, 6.45) is 1.64. The minimum atomic E-state index is -0.209. The second kappa shape index (κ2) is 6.91. The molecule has 0 spiro atoms. The van der Waals surface area contributed by atoms with Crippen LogP contribution in [0.1, 0.15) is 26.3 Å². The van der Waals surface area contributed by atoms with Crippen LogP contribution < -0.4 is 4.90 Å². The minimum Gasteiger partial charge on any atom is -0.372 e. The van der Waals surface area contributed by atoms with Gasteiger partial charge in [0.2, 0.25) is 0 Å². The molecule has 0 radical (unpaired) electrons. The fraction of sp³-hybridized carbons (Fsp3) is 0.263. The minimum absolute atomic E-state index is 0.180. The molecule has 0 fully saturated rings. The first-order valence-corrected chi connectivity index (χ1v) is 7.50. The van der Waals surface area contributed by atoms with Gasteiger partial charge in [-0.15, -0.1) is 0 Å². The van der Waals surface area contributed by atoms with Gasteiger partial charge in [-0.1, -0.05) is 18.2 Å². The van der Waals surface area contributed by atoms with Gasteiger partial charge in [0.1, 0.15) is 6.07 Å². The summed E-state index contributed by atoms with van der Waals surface area (Å²) in [4.78, 5) is 13.6. The fourth-order valence-electron chi connectivity index (χ4n) is 2.51. The van der Waals surface area contributed by atoms with Crippen LogP contribution in [0.4, 0.5) is 5.69 Å². The molecule has 2 aromatic rings. The Morgan fingerprint density at radius 2 is 1.77 bits per heavy atom. The third-order valence-electron chi connectivity index (χ3n) is 3.79. The number of carbonyl (C=O) groups is 1. The number of allylic oxidation sites excluding steroid dienone is 1. The lowest BCUT2D eigenvalue weighted by Gasteiger charge is -2.21. The molecule has 0 N–H and O–H groups in total. The van der Waals surface area contributed by atoms with Gasteiger partial charge in [-0.25, -0.2) is 0 Å². The summed E-state index contributed by atoms with van der Waals surface area (Å²) in [5, 5.41) is 11.2. The third kappa shape index (κ3) is 3.35. The highest BCUT2D eigenvalue weighted by atomic mass is 16.1. The van der Waals surface area contributed by atoms with Crippen LogP contribution in [0.5, 0.6) is 0 Å². The maximum Gasteiger partial charge on any atom is 0.170 e. The predicted molar refractivity (Wildman–Crippen MR) is 91.8 cm³/mol. The maximum atomic E-state index is 11.3. The van der Waals surface area contributed by atoms with Crippen molar-refractivity contribution < 1.29 is 4.79 Å². The van der Waals surface area contributed by atoms with Gasteiger partial charge in [0.15, 0.2) is 5.78 Å². The molecule has 3 nitrogen and oxygen atoms in total. The van der Waals surface area contributed by atoms with E-state index >= 15 is 0 Å². The van der Waals surface area contributed by atoms with Crippen LogP contribution in [0.25, 0.3) is 16.8 Å². The van der Waals surface area contributed by atoms with Gasteiger partial charge in [0.25, 0.3) is 0 Å². The van der Waals surface area contributed by atoms with Gasteiger partial charge < -0.3 is 4.90 Å². The zero-order chi connectivity index (χ0) is 16.1. The number of hydrogen-bond acceptors (Lipinski definition) is 3. The fourth-order valence-corrected chi connectivity index (χ4v) is 2.51. The summed E-state index contributed by atoms with van der Waals surface area (Å²) in [6.45, 7) is 7.66. The highest BCUT2D eigenvalue weighted by Gasteiger charge is 2.05. The predicted octanol–water partition coefficient (Wildman–Crippen LogP) is 4.18. The Kier molecular flexibility index (Phi) is 4.95. The molecule has 0 saturated carbocycles. The van der Waals surface area contributed by atoms with E-state index in [0.717, 1.165) is 29.4 Å². The Bertz CT molecular complexity index is 765. The molecule has 2 rings (SSSR count). The van der Waals surface area contributed by atoms with Crippen molar-refractivity contribution in [2.24, 2.45) is 0 Å². The first kappa shape index (κ1) is 15.8. The first-order chi connectivity index (χ1) is 10.6. The third-order valence-corrected chi connectivity index (χ3v) is 3.79. The van der Waals surface area contributed by atoms with Gasteiger partial charge in [0, 0.05) is 18.8 Å².